The highest BCUT2D eigenvalue weighted by Gasteiger charge is 2.23. The SMILES string of the molecule is O=C(NC1CCN(c2nccc(Oc3ccc(F)cc3)n2)CC1)c1ccc[nH]1. The van der Waals surface area contributed by atoms with E-state index in [1.807, 2.05) is 0 Å². The number of ether oxygens (including phenoxy) is 1. The number of anilines is 1. The second kappa shape index (κ2) is 8.08. The average molecular weight is 381 g/mol. The molecule has 7 nitrogen and oxygen atoms in total. The molecule has 1 aliphatic rings. The lowest BCUT2D eigenvalue weighted by molar-refractivity contribution is 0.0926. The molecule has 2 aromatic heterocycles. The number of amides is 1. The summed E-state index contributed by atoms with van der Waals surface area (Å²) in [6.45, 7) is 1.46. The molecule has 1 aromatic carbocycles. The number of hydrogen-bond donors (Lipinski definition) is 2. The summed E-state index contributed by atoms with van der Waals surface area (Å²) in [6, 6.07) is 11.1. The van der Waals surface area contributed by atoms with Gasteiger partial charge < -0.3 is 19.9 Å². The van der Waals surface area contributed by atoms with E-state index >= 15 is 0 Å². The van der Waals surface area contributed by atoms with Crippen LogP contribution in [0.15, 0.2) is 54.9 Å². The summed E-state index contributed by atoms with van der Waals surface area (Å²) < 4.78 is 18.7. The van der Waals surface area contributed by atoms with E-state index in [0.717, 1.165) is 25.9 Å². The standard InChI is InChI=1S/C20H20FN5O2/c21-14-3-5-16(6-4-14)28-18-7-11-23-20(25-18)26-12-8-15(9-13-26)24-19(27)17-2-1-10-22-17/h1-7,10-11,15,22H,8-9,12-13H2,(H,24,27). The van der Waals surface area contributed by atoms with Crippen LogP contribution in [0.2, 0.25) is 0 Å². The Labute approximate surface area is 161 Å². The van der Waals surface area contributed by atoms with E-state index in [-0.39, 0.29) is 17.8 Å². The predicted octanol–water partition coefficient (Wildman–Crippen LogP) is 3.13. The molecule has 28 heavy (non-hydrogen) atoms. The summed E-state index contributed by atoms with van der Waals surface area (Å²) in [5.74, 6) is 1.08. The van der Waals surface area contributed by atoms with Gasteiger partial charge in [0.05, 0.1) is 0 Å². The van der Waals surface area contributed by atoms with Gasteiger partial charge in [0, 0.05) is 37.6 Å². The number of H-pyrrole nitrogens is 1. The van der Waals surface area contributed by atoms with Crippen molar-refractivity contribution in [3.8, 4) is 11.6 Å². The van der Waals surface area contributed by atoms with Gasteiger partial charge in [-0.15, -0.1) is 0 Å². The first-order valence-electron chi connectivity index (χ1n) is 9.13. The zero-order valence-electron chi connectivity index (χ0n) is 15.1. The summed E-state index contributed by atoms with van der Waals surface area (Å²) in [5.41, 5.74) is 0.566. The summed E-state index contributed by atoms with van der Waals surface area (Å²) in [4.78, 5) is 25.9. The van der Waals surface area contributed by atoms with Crippen LogP contribution in [-0.2, 0) is 0 Å². The Bertz CT molecular complexity index is 922. The van der Waals surface area contributed by atoms with Gasteiger partial charge in [0.15, 0.2) is 0 Å². The van der Waals surface area contributed by atoms with E-state index in [2.05, 4.69) is 25.2 Å². The number of carbonyl (C=O) groups excluding carboxylic acids is 1. The lowest BCUT2D eigenvalue weighted by Gasteiger charge is -2.32. The smallest absolute Gasteiger partial charge is 0.267 e. The van der Waals surface area contributed by atoms with Gasteiger partial charge in [0.2, 0.25) is 11.8 Å². The minimum Gasteiger partial charge on any atom is -0.439 e. The monoisotopic (exact) mass is 381 g/mol. The number of halogens is 1. The number of hydrogen-bond acceptors (Lipinski definition) is 5. The van der Waals surface area contributed by atoms with Crippen LogP contribution in [0.25, 0.3) is 0 Å². The minimum atomic E-state index is -0.318. The number of aromatic amines is 1. The normalized spacial score (nSPS) is 14.7. The maximum Gasteiger partial charge on any atom is 0.267 e. The molecule has 1 amide bonds. The molecule has 8 heteroatoms. The Hall–Kier alpha value is -3.42. The molecule has 2 N–H and O–H groups in total. The topological polar surface area (TPSA) is 83.1 Å². The van der Waals surface area contributed by atoms with Gasteiger partial charge in [0.25, 0.3) is 5.91 Å². The molecule has 0 spiro atoms. The van der Waals surface area contributed by atoms with Crippen molar-refractivity contribution >= 4 is 11.9 Å². The van der Waals surface area contributed by atoms with Crippen LogP contribution in [0.3, 0.4) is 0 Å². The third kappa shape index (κ3) is 4.28. The highest BCUT2D eigenvalue weighted by Crippen LogP contribution is 2.22. The molecule has 4 rings (SSSR count). The zero-order chi connectivity index (χ0) is 19.3. The first kappa shape index (κ1) is 18.0. The Morgan fingerprint density at radius 3 is 2.68 bits per heavy atom. The summed E-state index contributed by atoms with van der Waals surface area (Å²) in [5, 5.41) is 3.05. The summed E-state index contributed by atoms with van der Waals surface area (Å²) in [7, 11) is 0. The third-order valence-electron chi connectivity index (χ3n) is 4.61. The van der Waals surface area contributed by atoms with E-state index in [9.17, 15) is 9.18 Å². The van der Waals surface area contributed by atoms with Crippen LogP contribution in [0.5, 0.6) is 11.6 Å². The highest BCUT2D eigenvalue weighted by atomic mass is 19.1. The molecule has 3 aromatic rings. The summed E-state index contributed by atoms with van der Waals surface area (Å²) >= 11 is 0. The van der Waals surface area contributed by atoms with Crippen molar-refractivity contribution in [3.63, 3.8) is 0 Å². The molecule has 1 saturated heterocycles. The van der Waals surface area contributed by atoms with Crippen molar-refractivity contribution in [1.29, 1.82) is 0 Å². The van der Waals surface area contributed by atoms with Gasteiger partial charge in [-0.25, -0.2) is 9.37 Å². The van der Waals surface area contributed by atoms with Gasteiger partial charge in [-0.1, -0.05) is 0 Å². The molecule has 0 unspecified atom stereocenters. The number of piperidine rings is 1. The van der Waals surface area contributed by atoms with Gasteiger partial charge in [-0.3, -0.25) is 4.79 Å². The predicted molar refractivity (Wildman–Crippen MR) is 102 cm³/mol. The molecule has 0 saturated carbocycles. The van der Waals surface area contributed by atoms with Gasteiger partial charge >= 0.3 is 0 Å². The molecule has 3 heterocycles. The van der Waals surface area contributed by atoms with Gasteiger partial charge in [0.1, 0.15) is 17.3 Å². The van der Waals surface area contributed by atoms with Crippen LogP contribution in [0, 0.1) is 5.82 Å². The van der Waals surface area contributed by atoms with Crippen LogP contribution < -0.4 is 15.0 Å². The minimum absolute atomic E-state index is 0.0885. The van der Waals surface area contributed by atoms with Crippen molar-refractivity contribution < 1.29 is 13.9 Å². The Balaban J connectivity index is 1.34. The zero-order valence-corrected chi connectivity index (χ0v) is 15.1. The van der Waals surface area contributed by atoms with Crippen molar-refractivity contribution in [2.75, 3.05) is 18.0 Å². The molecule has 0 bridgehead atoms. The molecule has 1 fully saturated rings. The average Bonchev–Trinajstić information content (AvgIpc) is 3.26. The van der Waals surface area contributed by atoms with Gasteiger partial charge in [-0.2, -0.15) is 4.98 Å². The largest absolute Gasteiger partial charge is 0.439 e. The maximum atomic E-state index is 13.0. The second-order valence-corrected chi connectivity index (χ2v) is 6.57. The molecule has 1 aliphatic heterocycles. The lowest BCUT2D eigenvalue weighted by atomic mass is 10.1. The van der Waals surface area contributed by atoms with Crippen molar-refractivity contribution in [1.82, 2.24) is 20.3 Å². The van der Waals surface area contributed by atoms with E-state index in [1.165, 1.54) is 12.1 Å². The Morgan fingerprint density at radius 2 is 1.96 bits per heavy atom. The molecular weight excluding hydrogens is 361 g/mol. The van der Waals surface area contributed by atoms with Crippen LogP contribution >= 0.6 is 0 Å². The second-order valence-electron chi connectivity index (χ2n) is 6.57. The van der Waals surface area contributed by atoms with E-state index < -0.39 is 0 Å². The number of aromatic nitrogens is 3. The fourth-order valence-corrected chi connectivity index (χ4v) is 3.12. The summed E-state index contributed by atoms with van der Waals surface area (Å²) in [6.07, 6.45) is 4.98. The first-order valence-corrected chi connectivity index (χ1v) is 9.13. The number of carbonyl (C=O) groups is 1. The van der Waals surface area contributed by atoms with Crippen molar-refractivity contribution in [2.24, 2.45) is 0 Å². The van der Waals surface area contributed by atoms with Crippen molar-refractivity contribution in [2.45, 2.75) is 18.9 Å². The van der Waals surface area contributed by atoms with Crippen LogP contribution in [-0.4, -0.2) is 40.0 Å². The Morgan fingerprint density at radius 1 is 1.18 bits per heavy atom. The molecule has 0 aliphatic carbocycles. The van der Waals surface area contributed by atoms with E-state index in [1.54, 1.807) is 42.7 Å². The fourth-order valence-electron chi connectivity index (χ4n) is 3.12. The van der Waals surface area contributed by atoms with E-state index in [4.69, 9.17) is 4.74 Å². The lowest BCUT2D eigenvalue weighted by Crippen LogP contribution is -2.45. The molecular formula is C20H20FN5O2. The van der Waals surface area contributed by atoms with Crippen molar-refractivity contribution in [3.05, 3.63) is 66.4 Å². The van der Waals surface area contributed by atoms with Crippen LogP contribution in [0.4, 0.5) is 10.3 Å². The third-order valence-corrected chi connectivity index (χ3v) is 4.61. The number of nitrogens with one attached hydrogen (secondary N) is 2. The molecule has 0 atom stereocenters. The highest BCUT2D eigenvalue weighted by molar-refractivity contribution is 5.92. The van der Waals surface area contributed by atoms with E-state index in [0.29, 0.717) is 23.3 Å². The number of nitrogens with zero attached hydrogens (tertiary/aromatic N) is 3. The molecule has 0 radical (unpaired) electrons. The Kier molecular flexibility index (Phi) is 5.18. The fraction of sp³-hybridized carbons (Fsp3) is 0.250. The first-order chi connectivity index (χ1) is 13.7. The number of benzene rings is 1. The maximum absolute atomic E-state index is 13.0. The number of rotatable bonds is 5. The van der Waals surface area contributed by atoms with Crippen LogP contribution in [0.1, 0.15) is 23.3 Å². The van der Waals surface area contributed by atoms with Gasteiger partial charge in [-0.05, 0) is 49.2 Å². The molecule has 144 valence electrons. The quantitative estimate of drug-likeness (QED) is 0.709.